The van der Waals surface area contributed by atoms with E-state index in [4.69, 9.17) is 15.7 Å². The van der Waals surface area contributed by atoms with Crippen LogP contribution in [0.5, 0.6) is 0 Å². The van der Waals surface area contributed by atoms with Crippen molar-refractivity contribution in [2.75, 3.05) is 0 Å². The molecule has 0 aliphatic heterocycles. The molecule has 0 N–H and O–H groups in total. The molecule has 0 unspecified atom stereocenters. The normalized spacial score (nSPS) is 19.1. The second kappa shape index (κ2) is 3.17. The maximum absolute atomic E-state index is 5.75. The SMILES string of the molecule is [B]C1=CC(C)=CC([B])=C(C)C1. The lowest BCUT2D eigenvalue weighted by Crippen LogP contribution is -1.86. The van der Waals surface area contributed by atoms with Gasteiger partial charge in [-0.25, -0.2) is 0 Å². The first kappa shape index (κ1) is 8.45. The molecule has 0 spiro atoms. The summed E-state index contributed by atoms with van der Waals surface area (Å²) in [5.41, 5.74) is 4.00. The molecule has 0 saturated heterocycles. The van der Waals surface area contributed by atoms with E-state index in [1.165, 1.54) is 0 Å². The van der Waals surface area contributed by atoms with Gasteiger partial charge in [0.2, 0.25) is 0 Å². The predicted octanol–water partition coefficient (Wildman–Crippen LogP) is 1.83. The minimum absolute atomic E-state index is 0.791. The molecule has 11 heavy (non-hydrogen) atoms. The van der Waals surface area contributed by atoms with Crippen LogP contribution in [0.15, 0.2) is 34.2 Å². The van der Waals surface area contributed by atoms with Gasteiger partial charge in [0.05, 0.1) is 0 Å². The van der Waals surface area contributed by atoms with Crippen LogP contribution < -0.4 is 0 Å². The summed E-state index contributed by atoms with van der Waals surface area (Å²) in [7, 11) is 11.5. The van der Waals surface area contributed by atoms with Gasteiger partial charge < -0.3 is 0 Å². The predicted molar refractivity (Wildman–Crippen MR) is 50.7 cm³/mol. The number of hydrogen-bond donors (Lipinski definition) is 0. The summed E-state index contributed by atoms with van der Waals surface area (Å²) in [4.78, 5) is 0. The third kappa shape index (κ3) is 2.14. The zero-order valence-corrected chi connectivity index (χ0v) is 7.02. The Hall–Kier alpha value is -0.650. The van der Waals surface area contributed by atoms with Crippen LogP contribution in [0.4, 0.5) is 0 Å². The molecule has 1 aliphatic carbocycles. The van der Waals surface area contributed by atoms with E-state index in [0.717, 1.165) is 28.5 Å². The molecule has 0 heterocycles. The van der Waals surface area contributed by atoms with Crippen molar-refractivity contribution in [2.45, 2.75) is 20.3 Å². The first-order valence-corrected chi connectivity index (χ1v) is 3.69. The highest BCUT2D eigenvalue weighted by Gasteiger charge is 2.00. The van der Waals surface area contributed by atoms with Crippen molar-refractivity contribution in [3.05, 3.63) is 34.2 Å². The van der Waals surface area contributed by atoms with Crippen LogP contribution in [0.3, 0.4) is 0 Å². The van der Waals surface area contributed by atoms with Gasteiger partial charge in [-0.15, -0.1) is 5.47 Å². The molecular formula is C9H10B2. The molecule has 0 aromatic heterocycles. The lowest BCUT2D eigenvalue weighted by Gasteiger charge is -2.01. The summed E-state index contributed by atoms with van der Waals surface area (Å²) in [6.45, 7) is 4.00. The third-order valence-corrected chi connectivity index (χ3v) is 1.76. The minimum atomic E-state index is 0.791. The van der Waals surface area contributed by atoms with Crippen molar-refractivity contribution in [3.63, 3.8) is 0 Å². The number of rotatable bonds is 0. The zero-order chi connectivity index (χ0) is 8.43. The average molecular weight is 140 g/mol. The van der Waals surface area contributed by atoms with Gasteiger partial charge in [0.1, 0.15) is 15.7 Å². The van der Waals surface area contributed by atoms with E-state index in [2.05, 4.69) is 0 Å². The number of allylic oxidation sites excluding steroid dienone is 6. The van der Waals surface area contributed by atoms with E-state index in [1.54, 1.807) is 0 Å². The first-order valence-electron chi connectivity index (χ1n) is 3.69. The van der Waals surface area contributed by atoms with E-state index in [1.807, 2.05) is 26.0 Å². The van der Waals surface area contributed by atoms with Crippen molar-refractivity contribution >= 4 is 15.7 Å². The molecule has 1 aliphatic rings. The van der Waals surface area contributed by atoms with E-state index in [-0.39, 0.29) is 0 Å². The Bertz CT molecular complexity index is 257. The van der Waals surface area contributed by atoms with Crippen LogP contribution in [-0.2, 0) is 0 Å². The molecule has 4 radical (unpaired) electrons. The van der Waals surface area contributed by atoms with Gasteiger partial charge in [0.15, 0.2) is 0 Å². The highest BCUT2D eigenvalue weighted by molar-refractivity contribution is 6.25. The van der Waals surface area contributed by atoms with Crippen molar-refractivity contribution in [1.29, 1.82) is 0 Å². The van der Waals surface area contributed by atoms with Gasteiger partial charge in [-0.3, -0.25) is 0 Å². The van der Waals surface area contributed by atoms with Gasteiger partial charge >= 0.3 is 0 Å². The summed E-state index contributed by atoms with van der Waals surface area (Å²) >= 11 is 0. The summed E-state index contributed by atoms with van der Waals surface area (Å²) in [6, 6.07) is 0. The molecule has 0 fully saturated rings. The molecule has 0 atom stereocenters. The fourth-order valence-electron chi connectivity index (χ4n) is 1.16. The Balaban J connectivity index is 3.04. The lowest BCUT2D eigenvalue weighted by atomic mass is 9.85. The van der Waals surface area contributed by atoms with Crippen molar-refractivity contribution in [3.8, 4) is 0 Å². The van der Waals surface area contributed by atoms with Crippen LogP contribution in [0.1, 0.15) is 20.3 Å². The van der Waals surface area contributed by atoms with Crippen molar-refractivity contribution in [1.82, 2.24) is 0 Å². The van der Waals surface area contributed by atoms with Crippen LogP contribution in [0.25, 0.3) is 0 Å². The topological polar surface area (TPSA) is 0 Å². The zero-order valence-electron chi connectivity index (χ0n) is 7.02. The summed E-state index contributed by atoms with van der Waals surface area (Å²) in [5, 5.41) is 0. The molecule has 0 amide bonds. The second-order valence-electron chi connectivity index (χ2n) is 3.02. The van der Waals surface area contributed by atoms with Gasteiger partial charge in [0, 0.05) is 0 Å². The summed E-state index contributed by atoms with van der Waals surface area (Å²) < 4.78 is 0. The van der Waals surface area contributed by atoms with E-state index >= 15 is 0 Å². The fourth-order valence-corrected chi connectivity index (χ4v) is 1.16. The maximum atomic E-state index is 5.75. The molecule has 1 rings (SSSR count). The minimum Gasteiger partial charge on any atom is -0.114 e. The quantitative estimate of drug-likeness (QED) is 0.450. The summed E-state index contributed by atoms with van der Waals surface area (Å²) in [5.74, 6) is 0. The van der Waals surface area contributed by atoms with Gasteiger partial charge in [-0.2, -0.15) is 0 Å². The molecule has 0 saturated carbocycles. The molecule has 0 aromatic carbocycles. The molecule has 0 aromatic rings. The second-order valence-corrected chi connectivity index (χ2v) is 3.02. The lowest BCUT2D eigenvalue weighted by molar-refractivity contribution is 1.19. The number of hydrogen-bond acceptors (Lipinski definition) is 0. The van der Waals surface area contributed by atoms with E-state index < -0.39 is 0 Å². The van der Waals surface area contributed by atoms with Gasteiger partial charge in [-0.1, -0.05) is 28.8 Å². The van der Waals surface area contributed by atoms with E-state index in [9.17, 15) is 0 Å². The fraction of sp³-hybridized carbons (Fsp3) is 0.333. The van der Waals surface area contributed by atoms with Crippen molar-refractivity contribution < 1.29 is 0 Å². The highest BCUT2D eigenvalue weighted by Crippen LogP contribution is 2.18. The van der Waals surface area contributed by atoms with Crippen LogP contribution in [-0.4, -0.2) is 15.7 Å². The highest BCUT2D eigenvalue weighted by atomic mass is 14.0. The molecule has 0 bridgehead atoms. The Morgan fingerprint density at radius 3 is 2.45 bits per heavy atom. The Morgan fingerprint density at radius 1 is 1.18 bits per heavy atom. The summed E-state index contributed by atoms with van der Waals surface area (Å²) in [6.07, 6.45) is 4.71. The van der Waals surface area contributed by atoms with E-state index in [0.29, 0.717) is 0 Å². The van der Waals surface area contributed by atoms with Gasteiger partial charge in [-0.05, 0) is 20.3 Å². The largest absolute Gasteiger partial charge is 0.114 e. The average Bonchev–Trinajstić information content (AvgIpc) is 1.93. The van der Waals surface area contributed by atoms with Crippen LogP contribution in [0.2, 0.25) is 0 Å². The Kier molecular flexibility index (Phi) is 2.43. The maximum Gasteiger partial charge on any atom is 0.113 e. The van der Waals surface area contributed by atoms with Crippen LogP contribution >= 0.6 is 0 Å². The standard InChI is InChI=1S/C9H10B2/c1-6-3-8(10)5-7(2)9(11)4-6/h3-4H,5H2,1-2H3. The first-order chi connectivity index (χ1) is 5.09. The molecule has 52 valence electrons. The monoisotopic (exact) mass is 140 g/mol. The van der Waals surface area contributed by atoms with Crippen LogP contribution in [0, 0.1) is 0 Å². The van der Waals surface area contributed by atoms with Gasteiger partial charge in [0.25, 0.3) is 0 Å². The smallest absolute Gasteiger partial charge is 0.113 e. The van der Waals surface area contributed by atoms with Crippen molar-refractivity contribution in [2.24, 2.45) is 0 Å². The third-order valence-electron chi connectivity index (χ3n) is 1.76. The molecule has 2 heteroatoms. The Morgan fingerprint density at radius 2 is 1.82 bits per heavy atom. The molecular weight excluding hydrogens is 130 g/mol. The molecule has 0 nitrogen and oxygen atoms in total. The Labute approximate surface area is 70.9 Å².